The summed E-state index contributed by atoms with van der Waals surface area (Å²) in [4.78, 5) is 14.2. The van der Waals surface area contributed by atoms with Crippen molar-refractivity contribution in [3.05, 3.63) is 35.5 Å². The topological polar surface area (TPSA) is 25.2 Å². The summed E-state index contributed by atoms with van der Waals surface area (Å²) in [6.45, 7) is 2.17. The second kappa shape index (κ2) is 5.25. The monoisotopic (exact) mass is 276 g/mol. The third-order valence-electron chi connectivity index (χ3n) is 3.75. The Labute approximate surface area is 117 Å². The summed E-state index contributed by atoms with van der Waals surface area (Å²) in [6.07, 6.45) is 5.43. The van der Waals surface area contributed by atoms with Crippen LogP contribution < -0.4 is 0 Å². The zero-order chi connectivity index (χ0) is 13.2. The number of benzene rings is 1. The molecule has 1 amide bonds. The van der Waals surface area contributed by atoms with Crippen LogP contribution >= 0.6 is 11.6 Å². The van der Waals surface area contributed by atoms with Gasteiger partial charge in [-0.25, -0.2) is 0 Å². The lowest BCUT2D eigenvalue weighted by Gasteiger charge is -2.27. The van der Waals surface area contributed by atoms with Crippen LogP contribution in [0.25, 0.3) is 10.9 Å². The molecule has 2 aromatic rings. The molecule has 0 saturated carbocycles. The van der Waals surface area contributed by atoms with Gasteiger partial charge in [0, 0.05) is 24.7 Å². The van der Waals surface area contributed by atoms with E-state index < -0.39 is 0 Å². The summed E-state index contributed by atoms with van der Waals surface area (Å²) in [7, 11) is 0. The van der Waals surface area contributed by atoms with Crippen molar-refractivity contribution in [3.8, 4) is 0 Å². The molecular weight excluding hydrogens is 260 g/mol. The van der Waals surface area contributed by atoms with Crippen molar-refractivity contribution in [3.63, 3.8) is 0 Å². The number of halogens is 1. The molecule has 0 radical (unpaired) electrons. The minimum Gasteiger partial charge on any atom is -0.341 e. The highest BCUT2D eigenvalue weighted by Gasteiger charge is 2.17. The quantitative estimate of drug-likeness (QED) is 0.826. The fraction of sp³-hybridized carbons (Fsp3) is 0.400. The van der Waals surface area contributed by atoms with Gasteiger partial charge in [-0.15, -0.1) is 0 Å². The first-order valence-corrected chi connectivity index (χ1v) is 7.14. The van der Waals surface area contributed by atoms with Crippen LogP contribution in [0.3, 0.4) is 0 Å². The molecule has 1 aliphatic heterocycles. The summed E-state index contributed by atoms with van der Waals surface area (Å²) in [5.74, 6) is 0.192. The summed E-state index contributed by atoms with van der Waals surface area (Å²) in [5, 5.41) is 1.79. The van der Waals surface area contributed by atoms with Gasteiger partial charge in [0.2, 0.25) is 5.91 Å². The average Bonchev–Trinajstić information content (AvgIpc) is 2.84. The number of amides is 1. The smallest absolute Gasteiger partial charge is 0.242 e. The first-order valence-electron chi connectivity index (χ1n) is 6.77. The Hall–Kier alpha value is -1.48. The van der Waals surface area contributed by atoms with Crippen molar-refractivity contribution < 1.29 is 4.79 Å². The number of fused-ring (bicyclic) bond motifs is 1. The van der Waals surface area contributed by atoms with E-state index in [0.717, 1.165) is 36.8 Å². The summed E-state index contributed by atoms with van der Waals surface area (Å²) < 4.78 is 1.95. The summed E-state index contributed by atoms with van der Waals surface area (Å²) in [5.41, 5.74) is 0.953. The molecule has 3 rings (SSSR count). The maximum Gasteiger partial charge on any atom is 0.242 e. The van der Waals surface area contributed by atoms with Gasteiger partial charge in [0.25, 0.3) is 0 Å². The van der Waals surface area contributed by atoms with E-state index in [-0.39, 0.29) is 5.91 Å². The maximum atomic E-state index is 12.3. The average molecular weight is 277 g/mol. The van der Waals surface area contributed by atoms with E-state index in [4.69, 9.17) is 11.6 Å². The van der Waals surface area contributed by atoms with Gasteiger partial charge >= 0.3 is 0 Å². The van der Waals surface area contributed by atoms with Gasteiger partial charge in [-0.1, -0.05) is 23.7 Å². The molecule has 2 heterocycles. The largest absolute Gasteiger partial charge is 0.341 e. The first-order chi connectivity index (χ1) is 9.25. The molecule has 1 aromatic heterocycles. The van der Waals surface area contributed by atoms with Crippen LogP contribution in [0.1, 0.15) is 19.3 Å². The van der Waals surface area contributed by atoms with Gasteiger partial charge in [0.1, 0.15) is 6.54 Å². The van der Waals surface area contributed by atoms with Crippen LogP contribution in [0.15, 0.2) is 30.5 Å². The molecule has 0 aliphatic carbocycles. The Kier molecular flexibility index (Phi) is 3.47. The van der Waals surface area contributed by atoms with Crippen molar-refractivity contribution in [1.82, 2.24) is 9.47 Å². The van der Waals surface area contributed by atoms with Crippen LogP contribution in [-0.2, 0) is 11.3 Å². The van der Waals surface area contributed by atoms with Crippen LogP contribution in [0.4, 0.5) is 0 Å². The normalized spacial score (nSPS) is 15.9. The number of carbonyl (C=O) groups excluding carboxylic acids is 1. The molecule has 1 saturated heterocycles. The molecule has 0 N–H and O–H groups in total. The van der Waals surface area contributed by atoms with E-state index >= 15 is 0 Å². The van der Waals surface area contributed by atoms with E-state index in [9.17, 15) is 4.79 Å². The van der Waals surface area contributed by atoms with Gasteiger partial charge in [-0.05, 0) is 31.4 Å². The molecule has 1 fully saturated rings. The number of para-hydroxylation sites is 1. The van der Waals surface area contributed by atoms with Gasteiger partial charge < -0.3 is 9.47 Å². The molecule has 0 unspecified atom stereocenters. The zero-order valence-electron chi connectivity index (χ0n) is 10.8. The fourth-order valence-corrected chi connectivity index (χ4v) is 3.03. The Morgan fingerprint density at radius 2 is 1.95 bits per heavy atom. The minimum atomic E-state index is 0.192. The highest BCUT2D eigenvalue weighted by molar-refractivity contribution is 6.35. The Balaban J connectivity index is 1.83. The lowest BCUT2D eigenvalue weighted by Crippen LogP contribution is -2.37. The van der Waals surface area contributed by atoms with Crippen LogP contribution in [0.5, 0.6) is 0 Å². The Bertz CT molecular complexity index is 599. The molecular formula is C15H17ClN2O. The van der Waals surface area contributed by atoms with Gasteiger partial charge in [0.15, 0.2) is 0 Å². The third-order valence-corrected chi connectivity index (χ3v) is 4.06. The maximum absolute atomic E-state index is 12.3. The Morgan fingerprint density at radius 3 is 2.74 bits per heavy atom. The van der Waals surface area contributed by atoms with Crippen LogP contribution in [-0.4, -0.2) is 28.5 Å². The highest BCUT2D eigenvalue weighted by atomic mass is 35.5. The summed E-state index contributed by atoms with van der Waals surface area (Å²) in [6, 6.07) is 7.82. The predicted molar refractivity (Wildman–Crippen MR) is 77.4 cm³/mol. The number of hydrogen-bond donors (Lipinski definition) is 0. The van der Waals surface area contributed by atoms with Crippen molar-refractivity contribution in [1.29, 1.82) is 0 Å². The number of carbonyl (C=O) groups is 1. The SMILES string of the molecule is O=C(Cn1ccc2cccc(Cl)c21)N1CCCCC1. The van der Waals surface area contributed by atoms with Crippen molar-refractivity contribution in [2.24, 2.45) is 0 Å². The number of hydrogen-bond acceptors (Lipinski definition) is 1. The number of rotatable bonds is 2. The fourth-order valence-electron chi connectivity index (χ4n) is 2.74. The molecule has 1 aromatic carbocycles. The van der Waals surface area contributed by atoms with Crippen LogP contribution in [0, 0.1) is 0 Å². The lowest BCUT2D eigenvalue weighted by atomic mass is 10.1. The van der Waals surface area contributed by atoms with E-state index in [2.05, 4.69) is 0 Å². The molecule has 3 nitrogen and oxygen atoms in total. The standard InChI is InChI=1S/C15H17ClN2O/c16-13-6-4-5-12-7-10-18(15(12)13)11-14(19)17-8-2-1-3-9-17/h4-7,10H,1-3,8-9,11H2. The van der Waals surface area contributed by atoms with Gasteiger partial charge in [-0.3, -0.25) is 4.79 Å². The predicted octanol–water partition coefficient (Wildman–Crippen LogP) is 3.31. The van der Waals surface area contributed by atoms with Crippen LogP contribution in [0.2, 0.25) is 5.02 Å². The molecule has 0 atom stereocenters. The zero-order valence-corrected chi connectivity index (χ0v) is 11.6. The second-order valence-corrected chi connectivity index (χ2v) is 5.47. The second-order valence-electron chi connectivity index (χ2n) is 5.06. The summed E-state index contributed by atoms with van der Waals surface area (Å²) >= 11 is 6.23. The molecule has 0 bridgehead atoms. The molecule has 1 aliphatic rings. The van der Waals surface area contributed by atoms with E-state index in [1.54, 1.807) is 0 Å². The van der Waals surface area contributed by atoms with E-state index in [1.807, 2.05) is 39.9 Å². The van der Waals surface area contributed by atoms with E-state index in [1.165, 1.54) is 6.42 Å². The van der Waals surface area contributed by atoms with Crippen molar-refractivity contribution in [2.45, 2.75) is 25.8 Å². The molecule has 4 heteroatoms. The van der Waals surface area contributed by atoms with E-state index in [0.29, 0.717) is 11.6 Å². The number of piperidine rings is 1. The van der Waals surface area contributed by atoms with Crippen molar-refractivity contribution in [2.75, 3.05) is 13.1 Å². The lowest BCUT2D eigenvalue weighted by molar-refractivity contribution is -0.132. The number of nitrogens with zero attached hydrogens (tertiary/aromatic N) is 2. The molecule has 19 heavy (non-hydrogen) atoms. The minimum absolute atomic E-state index is 0.192. The number of likely N-dealkylation sites (tertiary alicyclic amines) is 1. The number of aromatic nitrogens is 1. The molecule has 100 valence electrons. The Morgan fingerprint density at radius 1 is 1.16 bits per heavy atom. The highest BCUT2D eigenvalue weighted by Crippen LogP contribution is 2.24. The first kappa shape index (κ1) is 12.5. The molecule has 0 spiro atoms. The third kappa shape index (κ3) is 2.47. The van der Waals surface area contributed by atoms with Gasteiger partial charge in [-0.2, -0.15) is 0 Å². The van der Waals surface area contributed by atoms with Gasteiger partial charge in [0.05, 0.1) is 10.5 Å². The van der Waals surface area contributed by atoms with Crippen molar-refractivity contribution >= 4 is 28.4 Å².